The number of carbonyl (C=O) groups excluding carboxylic acids is 3. The van der Waals surface area contributed by atoms with Crippen molar-refractivity contribution in [3.8, 4) is 0 Å². The summed E-state index contributed by atoms with van der Waals surface area (Å²) in [6.45, 7) is 1.58. The number of primary amides is 1. The van der Waals surface area contributed by atoms with Crippen molar-refractivity contribution < 1.29 is 31.4 Å². The normalized spacial score (nSPS) is 17.9. The maximum Gasteiger partial charge on any atom is 0.416 e. The summed E-state index contributed by atoms with van der Waals surface area (Å²) < 4.78 is 1.34. The molecule has 1 rings (SSSR count). The van der Waals surface area contributed by atoms with Crippen molar-refractivity contribution >= 4 is 24.1 Å². The number of nitrogens with one attached hydrogen (secondary N) is 2. The smallest absolute Gasteiger partial charge is 0.416 e. The van der Waals surface area contributed by atoms with E-state index in [1.165, 1.54) is 15.7 Å². The molecule has 0 fully saturated rings. The second kappa shape index (κ2) is 6.90. The quantitative estimate of drug-likeness (QED) is 0.360. The third-order valence-corrected chi connectivity index (χ3v) is 2.76. The molecule has 1 aliphatic heterocycles. The zero-order chi connectivity index (χ0) is 14.7. The average molecular weight is 304 g/mol. The number of nitrogens with zero attached hydrogens (tertiary/aromatic N) is 2. The van der Waals surface area contributed by atoms with Crippen molar-refractivity contribution in [1.29, 1.82) is 0 Å². The zero-order valence-electron chi connectivity index (χ0n) is 11.7. The second-order valence-corrected chi connectivity index (χ2v) is 4.43. The Labute approximate surface area is 123 Å². The van der Waals surface area contributed by atoms with Gasteiger partial charge >= 0.3 is 11.9 Å². The number of likely N-dealkylation sites (N-methyl/N-ethyl adjacent to an activating group) is 1. The van der Waals surface area contributed by atoms with Gasteiger partial charge in [0.15, 0.2) is 12.1 Å². The summed E-state index contributed by atoms with van der Waals surface area (Å²) in [5, 5.41) is 0. The van der Waals surface area contributed by atoms with Crippen molar-refractivity contribution in [2.24, 2.45) is 11.7 Å². The molecule has 0 bridgehead atoms. The third-order valence-electron chi connectivity index (χ3n) is 2.76. The molecule has 1 atom stereocenters. The highest BCUT2D eigenvalue weighted by atomic mass is 35.5. The summed E-state index contributed by atoms with van der Waals surface area (Å²) in [7, 11) is 4.79. The van der Waals surface area contributed by atoms with Gasteiger partial charge in [0.05, 0.1) is 11.3 Å². The lowest BCUT2D eigenvalue weighted by Gasteiger charge is -2.23. The Morgan fingerprint density at radius 1 is 1.40 bits per heavy atom. The van der Waals surface area contributed by atoms with Gasteiger partial charge in [-0.05, 0) is 6.92 Å². The van der Waals surface area contributed by atoms with Gasteiger partial charge < -0.3 is 23.0 Å². The molecular weight excluding hydrogens is 286 g/mol. The third kappa shape index (κ3) is 3.70. The predicted molar refractivity (Wildman–Crippen MR) is 68.0 cm³/mol. The Kier molecular flexibility index (Phi) is 6.18. The van der Waals surface area contributed by atoms with Crippen molar-refractivity contribution in [2.75, 3.05) is 21.1 Å². The van der Waals surface area contributed by atoms with E-state index in [9.17, 15) is 14.4 Å². The van der Waals surface area contributed by atoms with Crippen molar-refractivity contribution in [3.05, 3.63) is 11.3 Å². The molecule has 0 aliphatic carbocycles. The first-order chi connectivity index (χ1) is 8.75. The number of hydrazine groups is 1. The molecule has 9 heteroatoms. The Morgan fingerprint density at radius 2 is 1.95 bits per heavy atom. The van der Waals surface area contributed by atoms with E-state index >= 15 is 0 Å². The highest BCUT2D eigenvalue weighted by molar-refractivity contribution is 6.02. The largest absolute Gasteiger partial charge is 1.00 e. The second-order valence-electron chi connectivity index (χ2n) is 4.43. The standard InChI is InChI=1S/C11H17N5O3.ClH/c1-6-8(13-14-11(12)19)7(10(18)15(2)3)5-16(4)9(6)17;/h5,7H,1-4H3,(H3-,12,13,14,17,19);1H. The van der Waals surface area contributed by atoms with Crippen molar-refractivity contribution in [2.45, 2.75) is 6.92 Å². The maximum atomic E-state index is 12.1. The number of amides is 4. The van der Waals surface area contributed by atoms with Gasteiger partial charge in [-0.25, -0.2) is 9.59 Å². The van der Waals surface area contributed by atoms with Crippen LogP contribution in [-0.2, 0) is 9.59 Å². The number of rotatable bonds is 3. The van der Waals surface area contributed by atoms with E-state index in [1.807, 2.05) is 0 Å². The first kappa shape index (κ1) is 17.9. The van der Waals surface area contributed by atoms with Crippen molar-refractivity contribution in [3.63, 3.8) is 0 Å². The van der Waals surface area contributed by atoms with E-state index in [2.05, 4.69) is 10.9 Å². The van der Waals surface area contributed by atoms with Gasteiger partial charge in [0, 0.05) is 14.1 Å². The number of hydrogen-bond donors (Lipinski definition) is 3. The summed E-state index contributed by atoms with van der Waals surface area (Å²) in [5.41, 5.74) is 10.3. The fraction of sp³-hybridized carbons (Fsp3) is 0.455. The van der Waals surface area contributed by atoms with Crippen LogP contribution in [0.1, 0.15) is 6.92 Å². The minimum Gasteiger partial charge on any atom is -1.00 e. The molecule has 1 aliphatic rings. The lowest BCUT2D eigenvalue weighted by Crippen LogP contribution is -3.00. The van der Waals surface area contributed by atoms with Gasteiger partial charge in [-0.15, -0.1) is 0 Å². The molecule has 0 radical (unpaired) electrons. The van der Waals surface area contributed by atoms with Crippen LogP contribution in [0.25, 0.3) is 0 Å². The summed E-state index contributed by atoms with van der Waals surface area (Å²) >= 11 is 0. The van der Waals surface area contributed by atoms with Crippen molar-refractivity contribution in [1.82, 2.24) is 15.8 Å². The number of halogens is 1. The molecular formula is C11H18ClN5O3. The number of carbonyl (C=O) groups is 3. The number of hydrogen-bond acceptors (Lipinski definition) is 4. The van der Waals surface area contributed by atoms with Crippen LogP contribution in [0.5, 0.6) is 0 Å². The fourth-order valence-electron chi connectivity index (χ4n) is 1.74. The van der Waals surface area contributed by atoms with Gasteiger partial charge in [-0.3, -0.25) is 15.6 Å². The van der Waals surface area contributed by atoms with Crippen LogP contribution >= 0.6 is 0 Å². The summed E-state index contributed by atoms with van der Waals surface area (Å²) in [6.07, 6.45) is 1.49. The Morgan fingerprint density at radius 3 is 2.40 bits per heavy atom. The lowest BCUT2D eigenvalue weighted by atomic mass is 9.97. The summed E-state index contributed by atoms with van der Waals surface area (Å²) in [4.78, 5) is 36.1. The van der Waals surface area contributed by atoms with Crippen LogP contribution < -0.4 is 29.0 Å². The molecule has 1 unspecified atom stereocenters. The number of urea groups is 1. The fourth-order valence-corrected chi connectivity index (χ4v) is 1.74. The van der Waals surface area contributed by atoms with Crippen LogP contribution in [-0.4, -0.2) is 54.7 Å². The predicted octanol–water partition coefficient (Wildman–Crippen LogP) is -4.60. The monoisotopic (exact) mass is 303 g/mol. The van der Waals surface area contributed by atoms with Crippen LogP contribution in [0.4, 0.5) is 4.79 Å². The van der Waals surface area contributed by atoms with Crippen LogP contribution in [0.3, 0.4) is 0 Å². The highest BCUT2D eigenvalue weighted by Gasteiger charge is 2.36. The van der Waals surface area contributed by atoms with Gasteiger partial charge in [-0.2, -0.15) is 4.58 Å². The van der Waals surface area contributed by atoms with Gasteiger partial charge in [0.1, 0.15) is 7.05 Å². The molecule has 20 heavy (non-hydrogen) atoms. The maximum absolute atomic E-state index is 12.1. The summed E-state index contributed by atoms with van der Waals surface area (Å²) in [5.74, 6) is -1.14. The Bertz CT molecular complexity index is 498. The average Bonchev–Trinajstić information content (AvgIpc) is 2.33. The topological polar surface area (TPSA) is 108 Å². The molecule has 0 saturated carbocycles. The molecule has 4 amide bonds. The lowest BCUT2D eigenvalue weighted by molar-refractivity contribution is -0.412. The zero-order valence-corrected chi connectivity index (χ0v) is 12.5. The van der Waals surface area contributed by atoms with E-state index in [1.54, 1.807) is 28.1 Å². The first-order valence-corrected chi connectivity index (χ1v) is 5.61. The minimum absolute atomic E-state index is 0. The number of nitrogens with two attached hydrogens (primary N) is 1. The molecule has 1 heterocycles. The van der Waals surface area contributed by atoms with E-state index in [0.29, 0.717) is 11.3 Å². The molecule has 0 aromatic carbocycles. The van der Waals surface area contributed by atoms with E-state index in [4.69, 9.17) is 5.73 Å². The van der Waals surface area contributed by atoms with Gasteiger partial charge in [-0.1, -0.05) is 0 Å². The van der Waals surface area contributed by atoms with Crippen LogP contribution in [0.2, 0.25) is 0 Å². The molecule has 0 saturated heterocycles. The molecule has 0 aromatic rings. The summed E-state index contributed by atoms with van der Waals surface area (Å²) in [6, 6.07) is -0.803. The van der Waals surface area contributed by atoms with Gasteiger partial charge in [0.2, 0.25) is 5.91 Å². The van der Waals surface area contributed by atoms with Gasteiger partial charge in [0.25, 0.3) is 0 Å². The molecule has 0 spiro atoms. The van der Waals surface area contributed by atoms with E-state index in [0.717, 1.165) is 0 Å². The molecule has 0 aromatic heterocycles. The Hall–Kier alpha value is -2.09. The molecule has 8 nitrogen and oxygen atoms in total. The highest BCUT2D eigenvalue weighted by Crippen LogP contribution is 2.18. The molecule has 112 valence electrons. The Balaban J connectivity index is 0.00000361. The minimum atomic E-state index is -0.803. The van der Waals surface area contributed by atoms with E-state index in [-0.39, 0.29) is 24.2 Å². The molecule has 4 N–H and O–H groups in total. The SMILES string of the molecule is CC1=C(NNC(N)=O)C(C(=O)N(C)C)C=[N+](C)C1=O.[Cl-]. The first-order valence-electron chi connectivity index (χ1n) is 5.61. The van der Waals surface area contributed by atoms with E-state index < -0.39 is 11.9 Å². The van der Waals surface area contributed by atoms with Crippen LogP contribution in [0, 0.1) is 5.92 Å². The van der Waals surface area contributed by atoms with Crippen LogP contribution in [0.15, 0.2) is 11.3 Å².